The van der Waals surface area contributed by atoms with E-state index in [1.165, 1.54) is 12.4 Å². The third-order valence-corrected chi connectivity index (χ3v) is 3.98. The number of nitrogens with two attached hydrogens (primary N) is 1. The number of rotatable bonds is 3. The highest BCUT2D eigenvalue weighted by molar-refractivity contribution is 6.63. The van der Waals surface area contributed by atoms with E-state index >= 15 is 0 Å². The van der Waals surface area contributed by atoms with Gasteiger partial charge in [0.1, 0.15) is 0 Å². The van der Waals surface area contributed by atoms with Gasteiger partial charge in [0.05, 0.1) is 11.2 Å². The van der Waals surface area contributed by atoms with Crippen LogP contribution in [0.15, 0.2) is 12.4 Å². The maximum atomic E-state index is 12.5. The monoisotopic (exact) mass is 284 g/mol. The van der Waals surface area contributed by atoms with E-state index in [2.05, 4.69) is 4.98 Å². The Morgan fingerprint density at radius 3 is 2.25 bits per heavy atom. The van der Waals surface area contributed by atoms with Crippen molar-refractivity contribution in [1.82, 2.24) is 4.98 Å². The standard InChI is InChI=1S/C13H19BF2N2O2/c1-12(2)13(3,4)20-14(19-12)9-7-18-6-8(11(9)17)5-10(15)16/h6-7,10H,5H2,1-4H3,(H2,17,18). The van der Waals surface area contributed by atoms with Crippen molar-refractivity contribution >= 4 is 18.3 Å². The van der Waals surface area contributed by atoms with E-state index in [4.69, 9.17) is 15.0 Å². The van der Waals surface area contributed by atoms with Gasteiger partial charge in [-0.25, -0.2) is 8.78 Å². The summed E-state index contributed by atoms with van der Waals surface area (Å²) in [7, 11) is -0.690. The van der Waals surface area contributed by atoms with Crippen molar-refractivity contribution in [2.75, 3.05) is 5.73 Å². The second-order valence-electron chi connectivity index (χ2n) is 5.98. The van der Waals surface area contributed by atoms with Crippen LogP contribution in [0.3, 0.4) is 0 Å². The Morgan fingerprint density at radius 2 is 1.75 bits per heavy atom. The predicted octanol–water partition coefficient (Wildman–Crippen LogP) is 1.77. The van der Waals surface area contributed by atoms with Crippen LogP contribution >= 0.6 is 0 Å². The SMILES string of the molecule is CC1(C)OB(c2cncc(CC(F)F)c2N)OC1(C)C. The molecule has 0 radical (unpaired) electrons. The molecule has 0 saturated carbocycles. The van der Waals surface area contributed by atoms with Gasteiger partial charge in [0.15, 0.2) is 0 Å². The molecule has 2 N–H and O–H groups in total. The van der Waals surface area contributed by atoms with E-state index in [0.717, 1.165) is 0 Å². The van der Waals surface area contributed by atoms with Crippen molar-refractivity contribution in [3.63, 3.8) is 0 Å². The van der Waals surface area contributed by atoms with Gasteiger partial charge in [0.2, 0.25) is 6.43 Å². The summed E-state index contributed by atoms with van der Waals surface area (Å²) >= 11 is 0. The number of hydrogen-bond donors (Lipinski definition) is 1. The number of alkyl halides is 2. The summed E-state index contributed by atoms with van der Waals surface area (Å²) in [6.45, 7) is 7.67. The zero-order chi connectivity index (χ0) is 15.1. The van der Waals surface area contributed by atoms with Gasteiger partial charge in [-0.05, 0) is 33.3 Å². The molecular formula is C13H19BF2N2O2. The smallest absolute Gasteiger partial charge is 0.399 e. The highest BCUT2D eigenvalue weighted by Gasteiger charge is 2.52. The van der Waals surface area contributed by atoms with E-state index in [1.54, 1.807) is 0 Å². The molecule has 1 aromatic heterocycles. The minimum Gasteiger partial charge on any atom is -0.399 e. The fourth-order valence-corrected chi connectivity index (χ4v) is 2.02. The van der Waals surface area contributed by atoms with Crippen LogP contribution in [0.2, 0.25) is 0 Å². The lowest BCUT2D eigenvalue weighted by Crippen LogP contribution is -2.41. The largest absolute Gasteiger partial charge is 0.498 e. The van der Waals surface area contributed by atoms with Gasteiger partial charge in [-0.2, -0.15) is 0 Å². The van der Waals surface area contributed by atoms with Crippen LogP contribution in [0.4, 0.5) is 14.5 Å². The van der Waals surface area contributed by atoms with Crippen LogP contribution in [0.1, 0.15) is 33.3 Å². The summed E-state index contributed by atoms with van der Waals surface area (Å²) in [6.07, 6.45) is -0.0258. The van der Waals surface area contributed by atoms with E-state index in [9.17, 15) is 8.78 Å². The van der Waals surface area contributed by atoms with E-state index in [0.29, 0.717) is 11.0 Å². The molecule has 0 atom stereocenters. The number of aromatic nitrogens is 1. The molecule has 1 aliphatic heterocycles. The number of nitrogen functional groups attached to an aromatic ring is 1. The molecule has 0 bridgehead atoms. The Labute approximate surface area is 117 Å². The molecule has 20 heavy (non-hydrogen) atoms. The van der Waals surface area contributed by atoms with Gasteiger partial charge in [-0.3, -0.25) is 4.98 Å². The molecule has 4 nitrogen and oxygen atoms in total. The fourth-order valence-electron chi connectivity index (χ4n) is 2.02. The number of nitrogens with zero attached hydrogens (tertiary/aromatic N) is 1. The molecule has 0 spiro atoms. The topological polar surface area (TPSA) is 57.4 Å². The molecule has 2 heterocycles. The minimum absolute atomic E-state index is 0.263. The second-order valence-corrected chi connectivity index (χ2v) is 5.98. The molecular weight excluding hydrogens is 265 g/mol. The molecule has 0 aromatic carbocycles. The fraction of sp³-hybridized carbons (Fsp3) is 0.615. The molecule has 2 rings (SSSR count). The Balaban J connectivity index is 2.31. The third kappa shape index (κ3) is 2.65. The van der Waals surface area contributed by atoms with E-state index in [1.807, 2.05) is 27.7 Å². The maximum Gasteiger partial charge on any atom is 0.498 e. The minimum atomic E-state index is -2.47. The van der Waals surface area contributed by atoms with Gasteiger partial charge < -0.3 is 15.0 Å². The first-order valence-corrected chi connectivity index (χ1v) is 6.50. The molecule has 0 unspecified atom stereocenters. The zero-order valence-electron chi connectivity index (χ0n) is 12.1. The van der Waals surface area contributed by atoms with Crippen LogP contribution in [-0.4, -0.2) is 29.7 Å². The van der Waals surface area contributed by atoms with Gasteiger partial charge in [-0.1, -0.05) is 0 Å². The summed E-state index contributed by atoms with van der Waals surface area (Å²) in [5.41, 5.74) is 6.01. The molecule has 1 aliphatic rings. The van der Waals surface area contributed by atoms with Gasteiger partial charge >= 0.3 is 7.12 Å². The molecule has 1 aromatic rings. The Bertz CT molecular complexity index is 493. The number of pyridine rings is 1. The van der Waals surface area contributed by atoms with Crippen LogP contribution < -0.4 is 11.2 Å². The zero-order valence-corrected chi connectivity index (χ0v) is 12.1. The van der Waals surface area contributed by atoms with Gasteiger partial charge in [-0.15, -0.1) is 0 Å². The lowest BCUT2D eigenvalue weighted by atomic mass is 9.78. The summed E-state index contributed by atoms with van der Waals surface area (Å²) < 4.78 is 36.7. The quantitative estimate of drug-likeness (QED) is 0.859. The van der Waals surface area contributed by atoms with Crippen LogP contribution in [0.5, 0.6) is 0 Å². The Kier molecular flexibility index (Phi) is 3.77. The third-order valence-electron chi connectivity index (χ3n) is 3.98. The lowest BCUT2D eigenvalue weighted by molar-refractivity contribution is 0.00578. The van der Waals surface area contributed by atoms with Crippen molar-refractivity contribution in [1.29, 1.82) is 0 Å². The van der Waals surface area contributed by atoms with E-state index in [-0.39, 0.29) is 5.69 Å². The number of hydrogen-bond acceptors (Lipinski definition) is 4. The number of anilines is 1. The Hall–Kier alpha value is -1.21. The maximum absolute atomic E-state index is 12.5. The lowest BCUT2D eigenvalue weighted by Gasteiger charge is -2.32. The first kappa shape index (κ1) is 15.2. The molecule has 0 aliphatic carbocycles. The normalized spacial score (nSPS) is 20.6. The average Bonchev–Trinajstić information content (AvgIpc) is 2.50. The molecule has 7 heteroatoms. The number of halogens is 2. The van der Waals surface area contributed by atoms with Crippen LogP contribution in [-0.2, 0) is 15.7 Å². The first-order chi connectivity index (χ1) is 9.14. The Morgan fingerprint density at radius 1 is 1.20 bits per heavy atom. The van der Waals surface area contributed by atoms with Crippen LogP contribution in [0, 0.1) is 0 Å². The average molecular weight is 284 g/mol. The summed E-state index contributed by atoms with van der Waals surface area (Å²) in [6, 6.07) is 0. The van der Waals surface area contributed by atoms with Crippen molar-refractivity contribution in [2.24, 2.45) is 0 Å². The predicted molar refractivity (Wildman–Crippen MR) is 74.1 cm³/mol. The summed E-state index contributed by atoms with van der Waals surface area (Å²) in [5.74, 6) is 0. The van der Waals surface area contributed by atoms with Crippen molar-refractivity contribution in [3.8, 4) is 0 Å². The second kappa shape index (κ2) is 4.97. The summed E-state index contributed by atoms with van der Waals surface area (Å²) in [5, 5.41) is 0. The van der Waals surface area contributed by atoms with E-state index < -0.39 is 31.2 Å². The summed E-state index contributed by atoms with van der Waals surface area (Å²) in [4.78, 5) is 3.97. The van der Waals surface area contributed by atoms with Crippen LogP contribution in [0.25, 0.3) is 0 Å². The highest BCUT2D eigenvalue weighted by Crippen LogP contribution is 2.36. The molecule has 1 fully saturated rings. The van der Waals surface area contributed by atoms with Gasteiger partial charge in [0.25, 0.3) is 0 Å². The van der Waals surface area contributed by atoms with Crippen molar-refractivity contribution in [2.45, 2.75) is 51.7 Å². The molecule has 110 valence electrons. The highest BCUT2D eigenvalue weighted by atomic mass is 19.3. The first-order valence-electron chi connectivity index (χ1n) is 6.50. The van der Waals surface area contributed by atoms with Crippen molar-refractivity contribution in [3.05, 3.63) is 18.0 Å². The van der Waals surface area contributed by atoms with Gasteiger partial charge in [0, 0.05) is 30.0 Å². The molecule has 0 amide bonds. The van der Waals surface area contributed by atoms with Crippen molar-refractivity contribution < 1.29 is 18.1 Å². The molecule has 1 saturated heterocycles.